The van der Waals surface area contributed by atoms with Crippen LogP contribution < -0.4 is 10.6 Å². The van der Waals surface area contributed by atoms with Crippen LogP contribution in [-0.4, -0.2) is 18.6 Å². The smallest absolute Gasteiger partial charge is 0.313 e. The van der Waals surface area contributed by atoms with Gasteiger partial charge in [0.05, 0.1) is 5.56 Å². The highest BCUT2D eigenvalue weighted by Gasteiger charge is 2.30. The zero-order valence-electron chi connectivity index (χ0n) is 11.5. The van der Waals surface area contributed by atoms with Gasteiger partial charge in [-0.3, -0.25) is 0 Å². The summed E-state index contributed by atoms with van der Waals surface area (Å²) in [7, 11) is 0. The van der Waals surface area contributed by atoms with E-state index in [-0.39, 0.29) is 6.04 Å². The van der Waals surface area contributed by atoms with Crippen molar-refractivity contribution in [3.05, 3.63) is 35.4 Å². The van der Waals surface area contributed by atoms with Crippen molar-refractivity contribution in [1.82, 2.24) is 10.6 Å². The van der Waals surface area contributed by atoms with Gasteiger partial charge in [-0.25, -0.2) is 0 Å². The minimum absolute atomic E-state index is 0.206. The van der Waals surface area contributed by atoms with Gasteiger partial charge >= 0.3 is 6.18 Å². The maximum atomic E-state index is 12.5. The van der Waals surface area contributed by atoms with Crippen LogP contribution in [0.5, 0.6) is 0 Å². The largest absolute Gasteiger partial charge is 0.416 e. The minimum atomic E-state index is -4.28. The third-order valence-corrected chi connectivity index (χ3v) is 2.74. The SMILES string of the molecule is CC(C)NCC(C)NCc1cccc(C(F)(F)F)c1. The van der Waals surface area contributed by atoms with E-state index in [9.17, 15) is 13.2 Å². The molecule has 1 aromatic rings. The summed E-state index contributed by atoms with van der Waals surface area (Å²) in [4.78, 5) is 0. The number of halogens is 3. The van der Waals surface area contributed by atoms with Gasteiger partial charge in [-0.1, -0.05) is 32.0 Å². The molecule has 0 aromatic heterocycles. The number of alkyl halides is 3. The van der Waals surface area contributed by atoms with E-state index >= 15 is 0 Å². The zero-order chi connectivity index (χ0) is 14.5. The standard InChI is InChI=1S/C14H21F3N2/c1-10(2)18-8-11(3)19-9-12-5-4-6-13(7-12)14(15,16)17/h4-7,10-11,18-19H,8-9H2,1-3H3. The number of rotatable bonds is 6. The van der Waals surface area contributed by atoms with E-state index < -0.39 is 11.7 Å². The van der Waals surface area contributed by atoms with Crippen molar-refractivity contribution < 1.29 is 13.2 Å². The summed E-state index contributed by atoms with van der Waals surface area (Å²) in [5.74, 6) is 0. The fourth-order valence-corrected chi connectivity index (χ4v) is 1.63. The van der Waals surface area contributed by atoms with Crippen LogP contribution in [0.25, 0.3) is 0 Å². The van der Waals surface area contributed by atoms with E-state index in [1.165, 1.54) is 12.1 Å². The molecular weight excluding hydrogens is 253 g/mol. The fraction of sp³-hybridized carbons (Fsp3) is 0.571. The van der Waals surface area contributed by atoms with Crippen LogP contribution in [0.1, 0.15) is 31.9 Å². The molecule has 0 amide bonds. The van der Waals surface area contributed by atoms with E-state index in [2.05, 4.69) is 24.5 Å². The van der Waals surface area contributed by atoms with Crippen molar-refractivity contribution in [2.45, 2.75) is 45.6 Å². The Labute approximate surface area is 112 Å². The van der Waals surface area contributed by atoms with Gasteiger partial charge in [0.1, 0.15) is 0 Å². The van der Waals surface area contributed by atoms with E-state index in [0.717, 1.165) is 12.6 Å². The van der Waals surface area contributed by atoms with Crippen molar-refractivity contribution in [2.24, 2.45) is 0 Å². The lowest BCUT2D eigenvalue weighted by Crippen LogP contribution is -2.38. The van der Waals surface area contributed by atoms with Gasteiger partial charge in [0, 0.05) is 25.2 Å². The van der Waals surface area contributed by atoms with Crippen molar-refractivity contribution >= 4 is 0 Å². The summed E-state index contributed by atoms with van der Waals surface area (Å²) < 4.78 is 37.6. The molecule has 0 aliphatic heterocycles. The van der Waals surface area contributed by atoms with Gasteiger partial charge in [0.15, 0.2) is 0 Å². The molecule has 19 heavy (non-hydrogen) atoms. The lowest BCUT2D eigenvalue weighted by Gasteiger charge is -2.17. The van der Waals surface area contributed by atoms with Gasteiger partial charge in [-0.15, -0.1) is 0 Å². The van der Waals surface area contributed by atoms with E-state index in [4.69, 9.17) is 0 Å². The molecule has 1 rings (SSSR count). The third kappa shape index (κ3) is 6.07. The van der Waals surface area contributed by atoms with Gasteiger partial charge in [-0.2, -0.15) is 13.2 Å². The first-order valence-corrected chi connectivity index (χ1v) is 6.42. The second-order valence-corrected chi connectivity index (χ2v) is 5.04. The monoisotopic (exact) mass is 274 g/mol. The van der Waals surface area contributed by atoms with Crippen molar-refractivity contribution in [3.8, 4) is 0 Å². The Balaban J connectivity index is 2.49. The first kappa shape index (κ1) is 16.0. The average molecular weight is 274 g/mol. The van der Waals surface area contributed by atoms with Crippen LogP contribution in [0.3, 0.4) is 0 Å². The average Bonchev–Trinajstić information content (AvgIpc) is 2.33. The molecule has 1 atom stereocenters. The van der Waals surface area contributed by atoms with Gasteiger partial charge in [0.2, 0.25) is 0 Å². The third-order valence-electron chi connectivity index (χ3n) is 2.74. The van der Waals surface area contributed by atoms with Crippen LogP contribution in [0.2, 0.25) is 0 Å². The number of hydrogen-bond donors (Lipinski definition) is 2. The number of nitrogens with one attached hydrogen (secondary N) is 2. The molecule has 1 unspecified atom stereocenters. The molecule has 0 spiro atoms. The Morgan fingerprint density at radius 1 is 1.11 bits per heavy atom. The lowest BCUT2D eigenvalue weighted by molar-refractivity contribution is -0.137. The first-order valence-electron chi connectivity index (χ1n) is 6.42. The molecule has 0 aliphatic rings. The van der Waals surface area contributed by atoms with Gasteiger partial charge < -0.3 is 10.6 Å². The second kappa shape index (κ2) is 6.91. The summed E-state index contributed by atoms with van der Waals surface area (Å²) in [5.41, 5.74) is 0.0472. The van der Waals surface area contributed by atoms with Crippen molar-refractivity contribution in [3.63, 3.8) is 0 Å². The second-order valence-electron chi connectivity index (χ2n) is 5.04. The Hall–Kier alpha value is -1.07. The fourth-order valence-electron chi connectivity index (χ4n) is 1.63. The van der Waals surface area contributed by atoms with E-state index in [0.29, 0.717) is 18.2 Å². The van der Waals surface area contributed by atoms with E-state index in [1.807, 2.05) is 6.92 Å². The Kier molecular flexibility index (Phi) is 5.82. The summed E-state index contributed by atoms with van der Waals surface area (Å²) in [6.07, 6.45) is -4.28. The molecule has 1 aromatic carbocycles. The van der Waals surface area contributed by atoms with Crippen LogP contribution in [-0.2, 0) is 12.7 Å². The summed E-state index contributed by atoms with van der Waals surface area (Å²) in [6, 6.07) is 6.03. The van der Waals surface area contributed by atoms with Crippen molar-refractivity contribution in [1.29, 1.82) is 0 Å². The number of benzene rings is 1. The highest BCUT2D eigenvalue weighted by Crippen LogP contribution is 2.29. The van der Waals surface area contributed by atoms with Crippen molar-refractivity contribution in [2.75, 3.05) is 6.54 Å². The number of hydrogen-bond acceptors (Lipinski definition) is 2. The maximum absolute atomic E-state index is 12.5. The molecule has 108 valence electrons. The lowest BCUT2D eigenvalue weighted by atomic mass is 10.1. The molecule has 2 nitrogen and oxygen atoms in total. The van der Waals surface area contributed by atoms with Gasteiger partial charge in [-0.05, 0) is 18.6 Å². The Morgan fingerprint density at radius 2 is 1.79 bits per heavy atom. The highest BCUT2D eigenvalue weighted by atomic mass is 19.4. The zero-order valence-corrected chi connectivity index (χ0v) is 11.5. The molecule has 0 bridgehead atoms. The van der Waals surface area contributed by atoms with Crippen LogP contribution in [0.15, 0.2) is 24.3 Å². The minimum Gasteiger partial charge on any atom is -0.313 e. The summed E-state index contributed by atoms with van der Waals surface area (Å²) in [5, 5.41) is 6.48. The molecule has 2 N–H and O–H groups in total. The molecule has 0 saturated carbocycles. The normalized spacial score (nSPS) is 13.8. The van der Waals surface area contributed by atoms with Gasteiger partial charge in [0.25, 0.3) is 0 Å². The van der Waals surface area contributed by atoms with Crippen LogP contribution in [0, 0.1) is 0 Å². The van der Waals surface area contributed by atoms with Crippen LogP contribution >= 0.6 is 0 Å². The summed E-state index contributed by atoms with van der Waals surface area (Å²) >= 11 is 0. The van der Waals surface area contributed by atoms with Crippen LogP contribution in [0.4, 0.5) is 13.2 Å². The molecule has 0 fully saturated rings. The molecule has 0 radical (unpaired) electrons. The summed E-state index contributed by atoms with van der Waals surface area (Å²) in [6.45, 7) is 7.34. The molecule has 0 heterocycles. The topological polar surface area (TPSA) is 24.1 Å². The quantitative estimate of drug-likeness (QED) is 0.832. The predicted octanol–water partition coefficient (Wildman–Crippen LogP) is 3.18. The molecule has 0 saturated heterocycles. The highest BCUT2D eigenvalue weighted by molar-refractivity contribution is 5.25. The first-order chi connectivity index (χ1) is 8.79. The Bertz CT molecular complexity index is 389. The Morgan fingerprint density at radius 3 is 2.37 bits per heavy atom. The van der Waals surface area contributed by atoms with E-state index in [1.54, 1.807) is 6.07 Å². The maximum Gasteiger partial charge on any atom is 0.416 e. The molecule has 5 heteroatoms. The predicted molar refractivity (Wildman–Crippen MR) is 70.9 cm³/mol. The molecule has 0 aliphatic carbocycles. The molecular formula is C14H21F3N2.